The maximum atomic E-state index is 12.7. The Bertz CT molecular complexity index is 988. The largest absolute Gasteiger partial charge is 0.493 e. The number of thioether (sulfide) groups is 1. The van der Waals surface area contributed by atoms with Crippen molar-refractivity contribution in [3.05, 3.63) is 34.6 Å². The fourth-order valence-electron chi connectivity index (χ4n) is 2.77. The van der Waals surface area contributed by atoms with E-state index in [0.717, 1.165) is 41.2 Å². The van der Waals surface area contributed by atoms with Crippen molar-refractivity contribution < 1.29 is 9.47 Å². The van der Waals surface area contributed by atoms with Gasteiger partial charge in [-0.1, -0.05) is 20.3 Å². The molecule has 0 bridgehead atoms. The Morgan fingerprint density at radius 1 is 1.14 bits per heavy atom. The third-order valence-corrected chi connectivity index (χ3v) is 5.40. The number of unbranched alkanes of at least 4 members (excludes halogenated alkanes) is 1. The van der Waals surface area contributed by atoms with E-state index < -0.39 is 0 Å². The fourth-order valence-corrected chi connectivity index (χ4v) is 3.94. The highest BCUT2D eigenvalue weighted by Crippen LogP contribution is 2.36. The van der Waals surface area contributed by atoms with Crippen LogP contribution in [0.15, 0.2) is 34.0 Å². The normalized spacial score (nSPS) is 10.9. The zero-order valence-electron chi connectivity index (χ0n) is 16.8. The molecule has 0 aliphatic heterocycles. The van der Waals surface area contributed by atoms with E-state index in [0.29, 0.717) is 29.5 Å². The minimum atomic E-state index is -0.259. The number of H-pyrrole nitrogens is 2. The van der Waals surface area contributed by atoms with Crippen molar-refractivity contribution in [2.45, 2.75) is 38.0 Å². The number of nitrogens with zero attached hydrogens (tertiary/aromatic N) is 3. The first kappa shape index (κ1) is 20.9. The summed E-state index contributed by atoms with van der Waals surface area (Å²) in [5.41, 5.74) is 1.76. The first-order valence-electron chi connectivity index (χ1n) is 9.63. The van der Waals surface area contributed by atoms with E-state index in [9.17, 15) is 4.79 Å². The van der Waals surface area contributed by atoms with Crippen molar-refractivity contribution in [3.8, 4) is 34.1 Å². The van der Waals surface area contributed by atoms with E-state index in [1.165, 1.54) is 0 Å². The molecular weight excluding hydrogens is 390 g/mol. The summed E-state index contributed by atoms with van der Waals surface area (Å²) in [6, 6.07) is 7.52. The molecule has 8 nitrogen and oxygen atoms in total. The number of aromatic amines is 2. The van der Waals surface area contributed by atoms with Crippen molar-refractivity contribution in [1.29, 1.82) is 0 Å². The SMILES string of the molecule is CCCCSc1cc(-c2nnn[nH]2)c(=O)[nH]c1-c1ccc(OC)c(OCCC)c1. The molecule has 0 aliphatic rings. The summed E-state index contributed by atoms with van der Waals surface area (Å²) in [6.45, 7) is 4.79. The average Bonchev–Trinajstić information content (AvgIpc) is 3.27. The van der Waals surface area contributed by atoms with Crippen LogP contribution < -0.4 is 15.0 Å². The smallest absolute Gasteiger partial charge is 0.259 e. The number of benzene rings is 1. The molecule has 0 fully saturated rings. The maximum absolute atomic E-state index is 12.7. The topological polar surface area (TPSA) is 106 Å². The third-order valence-electron chi connectivity index (χ3n) is 4.27. The number of hydrogen-bond acceptors (Lipinski definition) is 7. The van der Waals surface area contributed by atoms with Crippen LogP contribution in [0, 0.1) is 0 Å². The standard InChI is InChI=1S/C20H25N5O3S/c1-4-6-10-29-17-12-14(19-22-24-25-23-19)20(26)21-18(17)13-7-8-15(27-3)16(11-13)28-9-5-2/h7-8,11-12H,4-6,9-10H2,1-3H3,(H,21,26)(H,22,23,24,25). The summed E-state index contributed by atoms with van der Waals surface area (Å²) in [7, 11) is 1.61. The van der Waals surface area contributed by atoms with E-state index in [4.69, 9.17) is 9.47 Å². The van der Waals surface area contributed by atoms with Crippen molar-refractivity contribution in [2.24, 2.45) is 0 Å². The van der Waals surface area contributed by atoms with E-state index in [2.05, 4.69) is 32.5 Å². The second-order valence-corrected chi connectivity index (χ2v) is 7.55. The summed E-state index contributed by atoms with van der Waals surface area (Å²) >= 11 is 1.70. The second kappa shape index (κ2) is 10.1. The Morgan fingerprint density at radius 2 is 2.00 bits per heavy atom. The number of ether oxygens (including phenoxy) is 2. The minimum Gasteiger partial charge on any atom is -0.493 e. The van der Waals surface area contributed by atoms with Gasteiger partial charge in [-0.2, -0.15) is 0 Å². The molecule has 2 aromatic heterocycles. The summed E-state index contributed by atoms with van der Waals surface area (Å²) in [5, 5.41) is 13.7. The zero-order valence-corrected chi connectivity index (χ0v) is 17.6. The molecule has 2 N–H and O–H groups in total. The highest BCUT2D eigenvalue weighted by Gasteiger charge is 2.16. The third kappa shape index (κ3) is 4.97. The Balaban J connectivity index is 2.07. The van der Waals surface area contributed by atoms with Gasteiger partial charge in [0.05, 0.1) is 25.0 Å². The summed E-state index contributed by atoms with van der Waals surface area (Å²) in [6.07, 6.45) is 3.07. The molecule has 0 unspecified atom stereocenters. The molecule has 154 valence electrons. The lowest BCUT2D eigenvalue weighted by atomic mass is 10.1. The van der Waals surface area contributed by atoms with Gasteiger partial charge >= 0.3 is 0 Å². The molecule has 0 saturated carbocycles. The predicted molar refractivity (Wildman–Crippen MR) is 114 cm³/mol. The zero-order chi connectivity index (χ0) is 20.6. The van der Waals surface area contributed by atoms with Crippen LogP contribution in [0.25, 0.3) is 22.6 Å². The van der Waals surface area contributed by atoms with Gasteiger partial charge in [-0.05, 0) is 53.3 Å². The van der Waals surface area contributed by atoms with Crippen LogP contribution in [0.4, 0.5) is 0 Å². The summed E-state index contributed by atoms with van der Waals surface area (Å²) in [5.74, 6) is 2.60. The lowest BCUT2D eigenvalue weighted by Gasteiger charge is -2.14. The highest BCUT2D eigenvalue weighted by molar-refractivity contribution is 7.99. The lowest BCUT2D eigenvalue weighted by Crippen LogP contribution is -2.12. The summed E-state index contributed by atoms with van der Waals surface area (Å²) in [4.78, 5) is 16.7. The van der Waals surface area contributed by atoms with Gasteiger partial charge < -0.3 is 14.5 Å². The molecule has 0 atom stereocenters. The molecule has 1 aromatic carbocycles. The first-order chi connectivity index (χ1) is 14.2. The van der Waals surface area contributed by atoms with Crippen LogP contribution in [0.5, 0.6) is 11.5 Å². The molecule has 2 heterocycles. The fraction of sp³-hybridized carbons (Fsp3) is 0.400. The van der Waals surface area contributed by atoms with Crippen LogP contribution in [0.1, 0.15) is 33.1 Å². The van der Waals surface area contributed by atoms with Gasteiger partial charge in [0.2, 0.25) is 0 Å². The Kier molecular flexibility index (Phi) is 7.29. The molecule has 0 radical (unpaired) electrons. The minimum absolute atomic E-state index is 0.259. The van der Waals surface area contributed by atoms with Crippen LogP contribution >= 0.6 is 11.8 Å². The Labute approximate surface area is 173 Å². The molecule has 0 saturated heterocycles. The van der Waals surface area contributed by atoms with Crippen molar-refractivity contribution in [1.82, 2.24) is 25.6 Å². The molecule has 29 heavy (non-hydrogen) atoms. The number of pyridine rings is 1. The second-order valence-electron chi connectivity index (χ2n) is 6.42. The van der Waals surface area contributed by atoms with E-state index in [1.807, 2.05) is 31.2 Å². The predicted octanol–water partition coefficient (Wildman–Crippen LogP) is 3.91. The van der Waals surface area contributed by atoms with Gasteiger partial charge in [0.15, 0.2) is 17.3 Å². The van der Waals surface area contributed by atoms with Gasteiger partial charge in [0.1, 0.15) is 0 Å². The molecule has 0 amide bonds. The number of tetrazole rings is 1. The van der Waals surface area contributed by atoms with E-state index in [1.54, 1.807) is 18.9 Å². The molecule has 3 rings (SSSR count). The van der Waals surface area contributed by atoms with Gasteiger partial charge in [-0.3, -0.25) is 4.79 Å². The Hall–Kier alpha value is -2.81. The maximum Gasteiger partial charge on any atom is 0.259 e. The lowest BCUT2D eigenvalue weighted by molar-refractivity contribution is 0.294. The van der Waals surface area contributed by atoms with Gasteiger partial charge in [0.25, 0.3) is 5.56 Å². The van der Waals surface area contributed by atoms with Gasteiger partial charge in [0, 0.05) is 10.5 Å². The molecule has 3 aromatic rings. The van der Waals surface area contributed by atoms with Crippen LogP contribution in [0.2, 0.25) is 0 Å². The van der Waals surface area contributed by atoms with Crippen LogP contribution in [-0.2, 0) is 0 Å². The number of nitrogens with one attached hydrogen (secondary N) is 2. The molecular formula is C20H25N5O3S. The van der Waals surface area contributed by atoms with Crippen molar-refractivity contribution >= 4 is 11.8 Å². The highest BCUT2D eigenvalue weighted by atomic mass is 32.2. The van der Waals surface area contributed by atoms with Crippen molar-refractivity contribution in [2.75, 3.05) is 19.5 Å². The average molecular weight is 416 g/mol. The summed E-state index contributed by atoms with van der Waals surface area (Å²) < 4.78 is 11.2. The van der Waals surface area contributed by atoms with Gasteiger partial charge in [-0.15, -0.1) is 16.9 Å². The number of rotatable bonds is 10. The van der Waals surface area contributed by atoms with Crippen LogP contribution in [-0.4, -0.2) is 45.1 Å². The monoisotopic (exact) mass is 415 g/mol. The van der Waals surface area contributed by atoms with Crippen LogP contribution in [0.3, 0.4) is 0 Å². The molecule has 9 heteroatoms. The number of methoxy groups -OCH3 is 1. The van der Waals surface area contributed by atoms with E-state index in [-0.39, 0.29) is 5.56 Å². The quantitative estimate of drug-likeness (QED) is 0.382. The Morgan fingerprint density at radius 3 is 2.69 bits per heavy atom. The first-order valence-corrected chi connectivity index (χ1v) is 10.6. The molecule has 0 aliphatic carbocycles. The number of hydrogen-bond donors (Lipinski definition) is 2. The number of aromatic nitrogens is 5. The van der Waals surface area contributed by atoms with Crippen molar-refractivity contribution in [3.63, 3.8) is 0 Å². The van der Waals surface area contributed by atoms with Gasteiger partial charge in [-0.25, -0.2) is 5.10 Å². The molecule has 0 spiro atoms. The van der Waals surface area contributed by atoms with E-state index >= 15 is 0 Å².